The number of nitrogens with one attached hydrogen (secondary N) is 3. The molecule has 6 nitrogen and oxygen atoms in total. The average molecular weight is 408 g/mol. The molecule has 1 heterocycles. The van der Waals surface area contributed by atoms with Crippen LogP contribution in [0.15, 0.2) is 70.3 Å². The summed E-state index contributed by atoms with van der Waals surface area (Å²) in [6.45, 7) is 5.37. The summed E-state index contributed by atoms with van der Waals surface area (Å²) in [5.41, 5.74) is 3.14. The van der Waals surface area contributed by atoms with E-state index in [-0.39, 0.29) is 17.5 Å². The molecule has 7 heteroatoms. The van der Waals surface area contributed by atoms with E-state index in [1.165, 1.54) is 12.3 Å². The first-order chi connectivity index (χ1) is 14.5. The molecule has 0 saturated heterocycles. The minimum Gasteiger partial charge on any atom is -0.459 e. The maximum atomic E-state index is 13.7. The second-order valence-electron chi connectivity index (χ2n) is 6.76. The van der Waals surface area contributed by atoms with Crippen LogP contribution in [-0.2, 0) is 13.1 Å². The normalized spacial score (nSPS) is 11.2. The number of carbonyl (C=O) groups excluding carboxylic acids is 1. The Hall–Kier alpha value is -3.61. The van der Waals surface area contributed by atoms with Gasteiger partial charge in [0.25, 0.3) is 5.91 Å². The zero-order valence-corrected chi connectivity index (χ0v) is 17.0. The van der Waals surface area contributed by atoms with E-state index in [0.717, 1.165) is 11.1 Å². The predicted octanol–water partition coefficient (Wildman–Crippen LogP) is 4.23. The van der Waals surface area contributed by atoms with Gasteiger partial charge in [-0.2, -0.15) is 0 Å². The van der Waals surface area contributed by atoms with E-state index in [9.17, 15) is 9.18 Å². The van der Waals surface area contributed by atoms with Crippen molar-refractivity contribution in [3.05, 3.63) is 89.1 Å². The van der Waals surface area contributed by atoms with Crippen LogP contribution in [0.5, 0.6) is 0 Å². The molecule has 0 bridgehead atoms. The predicted molar refractivity (Wildman–Crippen MR) is 116 cm³/mol. The molecule has 3 rings (SSSR count). The standard InChI is InChI=1S/C23H25FN4O2/c1-3-25-23(27-15-18-7-6-16(2)20(24)13-18)26-14-17-8-10-19(11-9-17)28-22(29)21-5-4-12-30-21/h4-13H,3,14-15H2,1-2H3,(H,28,29)(H2,25,26,27). The highest BCUT2D eigenvalue weighted by Gasteiger charge is 2.08. The Morgan fingerprint density at radius 1 is 1.07 bits per heavy atom. The molecular formula is C23H25FN4O2. The van der Waals surface area contributed by atoms with Gasteiger partial charge in [0.15, 0.2) is 11.7 Å². The van der Waals surface area contributed by atoms with Crippen molar-refractivity contribution in [1.29, 1.82) is 0 Å². The highest BCUT2D eigenvalue weighted by atomic mass is 19.1. The molecule has 1 amide bonds. The molecule has 0 unspecified atom stereocenters. The largest absolute Gasteiger partial charge is 0.459 e. The van der Waals surface area contributed by atoms with Gasteiger partial charge in [-0.1, -0.05) is 24.3 Å². The molecule has 3 aromatic rings. The number of carbonyl (C=O) groups is 1. The van der Waals surface area contributed by atoms with Gasteiger partial charge >= 0.3 is 0 Å². The number of guanidine groups is 1. The van der Waals surface area contributed by atoms with E-state index in [2.05, 4.69) is 20.9 Å². The van der Waals surface area contributed by atoms with Crippen LogP contribution < -0.4 is 16.0 Å². The smallest absolute Gasteiger partial charge is 0.291 e. The Bertz CT molecular complexity index is 999. The van der Waals surface area contributed by atoms with Gasteiger partial charge in [0.1, 0.15) is 5.82 Å². The topological polar surface area (TPSA) is 78.7 Å². The van der Waals surface area contributed by atoms with E-state index >= 15 is 0 Å². The lowest BCUT2D eigenvalue weighted by Gasteiger charge is -2.12. The van der Waals surface area contributed by atoms with Gasteiger partial charge in [-0.05, 0) is 60.9 Å². The second kappa shape index (κ2) is 10.2. The highest BCUT2D eigenvalue weighted by molar-refractivity contribution is 6.02. The highest BCUT2D eigenvalue weighted by Crippen LogP contribution is 2.12. The quantitative estimate of drug-likeness (QED) is 0.404. The Morgan fingerprint density at radius 2 is 1.83 bits per heavy atom. The molecule has 0 atom stereocenters. The van der Waals surface area contributed by atoms with Crippen LogP contribution in [0.25, 0.3) is 0 Å². The molecule has 0 aliphatic rings. The van der Waals surface area contributed by atoms with Gasteiger partial charge in [-0.15, -0.1) is 0 Å². The zero-order valence-electron chi connectivity index (χ0n) is 17.0. The van der Waals surface area contributed by atoms with Gasteiger partial charge in [-0.25, -0.2) is 9.38 Å². The van der Waals surface area contributed by atoms with Crippen LogP contribution >= 0.6 is 0 Å². The summed E-state index contributed by atoms with van der Waals surface area (Å²) in [6.07, 6.45) is 1.46. The Morgan fingerprint density at radius 3 is 2.50 bits per heavy atom. The lowest BCUT2D eigenvalue weighted by atomic mass is 10.1. The number of amides is 1. The molecule has 0 saturated carbocycles. The molecule has 1 aromatic heterocycles. The second-order valence-corrected chi connectivity index (χ2v) is 6.76. The van der Waals surface area contributed by atoms with Gasteiger partial charge < -0.3 is 20.4 Å². The number of halogens is 1. The molecule has 0 aliphatic heterocycles. The average Bonchev–Trinajstić information content (AvgIpc) is 3.29. The van der Waals surface area contributed by atoms with Crippen LogP contribution in [0, 0.1) is 12.7 Å². The maximum Gasteiger partial charge on any atom is 0.291 e. The molecule has 0 fully saturated rings. The molecule has 0 radical (unpaired) electrons. The third-order valence-electron chi connectivity index (χ3n) is 4.42. The fraction of sp³-hybridized carbons (Fsp3) is 0.217. The van der Waals surface area contributed by atoms with Gasteiger partial charge in [0.05, 0.1) is 12.8 Å². The van der Waals surface area contributed by atoms with Crippen molar-refractivity contribution < 1.29 is 13.6 Å². The number of hydrogen-bond donors (Lipinski definition) is 3. The SMILES string of the molecule is CCNC(=NCc1ccc(C)c(F)c1)NCc1ccc(NC(=O)c2ccco2)cc1. The Kier molecular flexibility index (Phi) is 7.21. The van der Waals surface area contributed by atoms with Crippen molar-refractivity contribution in [3.8, 4) is 0 Å². The number of hydrogen-bond acceptors (Lipinski definition) is 3. The number of benzene rings is 2. The number of rotatable bonds is 7. The first-order valence-electron chi connectivity index (χ1n) is 9.76. The van der Waals surface area contributed by atoms with Gasteiger partial charge in [0.2, 0.25) is 0 Å². The molecule has 156 valence electrons. The van der Waals surface area contributed by atoms with Crippen molar-refractivity contribution in [2.75, 3.05) is 11.9 Å². The van der Waals surface area contributed by atoms with Crippen LogP contribution in [0.3, 0.4) is 0 Å². The maximum absolute atomic E-state index is 13.7. The van der Waals surface area contributed by atoms with Gasteiger partial charge in [-0.3, -0.25) is 4.79 Å². The fourth-order valence-electron chi connectivity index (χ4n) is 2.74. The number of furan rings is 1. The summed E-state index contributed by atoms with van der Waals surface area (Å²) in [5, 5.41) is 9.22. The van der Waals surface area contributed by atoms with Crippen LogP contribution in [-0.4, -0.2) is 18.4 Å². The number of aryl methyl sites for hydroxylation is 1. The molecular weight excluding hydrogens is 383 g/mol. The van der Waals surface area contributed by atoms with Crippen molar-refractivity contribution in [2.24, 2.45) is 4.99 Å². The lowest BCUT2D eigenvalue weighted by Crippen LogP contribution is -2.36. The summed E-state index contributed by atoms with van der Waals surface area (Å²) in [4.78, 5) is 16.5. The fourth-order valence-corrected chi connectivity index (χ4v) is 2.74. The molecule has 30 heavy (non-hydrogen) atoms. The zero-order chi connectivity index (χ0) is 21.3. The first kappa shape index (κ1) is 21.1. The van der Waals surface area contributed by atoms with Crippen molar-refractivity contribution in [3.63, 3.8) is 0 Å². The monoisotopic (exact) mass is 408 g/mol. The molecule has 0 aliphatic carbocycles. The summed E-state index contributed by atoms with van der Waals surface area (Å²) in [5.74, 6) is 0.397. The Labute approximate surface area is 175 Å². The summed E-state index contributed by atoms with van der Waals surface area (Å²) in [6, 6.07) is 15.9. The third-order valence-corrected chi connectivity index (χ3v) is 4.42. The summed E-state index contributed by atoms with van der Waals surface area (Å²) >= 11 is 0. The van der Waals surface area contributed by atoms with Crippen molar-refractivity contribution >= 4 is 17.6 Å². The molecule has 0 spiro atoms. The van der Waals surface area contributed by atoms with E-state index < -0.39 is 0 Å². The third kappa shape index (κ3) is 5.94. The number of anilines is 1. The van der Waals surface area contributed by atoms with E-state index in [0.29, 0.717) is 36.8 Å². The Balaban J connectivity index is 1.56. The molecule has 3 N–H and O–H groups in total. The van der Waals surface area contributed by atoms with E-state index in [1.54, 1.807) is 25.1 Å². The lowest BCUT2D eigenvalue weighted by molar-refractivity contribution is 0.0996. The summed E-state index contributed by atoms with van der Waals surface area (Å²) in [7, 11) is 0. The van der Waals surface area contributed by atoms with Crippen molar-refractivity contribution in [2.45, 2.75) is 26.9 Å². The molecule has 2 aromatic carbocycles. The van der Waals surface area contributed by atoms with Crippen LogP contribution in [0.4, 0.5) is 10.1 Å². The van der Waals surface area contributed by atoms with Crippen LogP contribution in [0.2, 0.25) is 0 Å². The first-order valence-corrected chi connectivity index (χ1v) is 9.76. The van der Waals surface area contributed by atoms with E-state index in [4.69, 9.17) is 4.42 Å². The summed E-state index contributed by atoms with van der Waals surface area (Å²) < 4.78 is 18.8. The van der Waals surface area contributed by atoms with Gasteiger partial charge in [0, 0.05) is 18.8 Å². The van der Waals surface area contributed by atoms with Crippen LogP contribution in [0.1, 0.15) is 34.2 Å². The number of aliphatic imine (C=N–C) groups is 1. The minimum atomic E-state index is -0.292. The van der Waals surface area contributed by atoms with E-state index in [1.807, 2.05) is 37.3 Å². The van der Waals surface area contributed by atoms with Crippen molar-refractivity contribution in [1.82, 2.24) is 10.6 Å². The number of nitrogens with zero attached hydrogens (tertiary/aromatic N) is 1. The minimum absolute atomic E-state index is 0.222.